The Hall–Kier alpha value is -1.23. The second kappa shape index (κ2) is 5.82. The van der Waals surface area contributed by atoms with E-state index in [1.54, 1.807) is 6.20 Å². The highest BCUT2D eigenvalue weighted by Crippen LogP contribution is 2.23. The average Bonchev–Trinajstić information content (AvgIpc) is 2.66. The Kier molecular flexibility index (Phi) is 4.34. The predicted octanol–water partition coefficient (Wildman–Crippen LogP) is 2.22. The molecule has 3 N–H and O–H groups in total. The lowest BCUT2D eigenvalue weighted by Crippen LogP contribution is -2.52. The van der Waals surface area contributed by atoms with Crippen LogP contribution in [0.4, 0.5) is 0 Å². The van der Waals surface area contributed by atoms with Gasteiger partial charge in [0.25, 0.3) is 0 Å². The van der Waals surface area contributed by atoms with Crippen molar-refractivity contribution in [1.29, 1.82) is 0 Å². The number of amides is 1. The first kappa shape index (κ1) is 14.2. The van der Waals surface area contributed by atoms with Crippen LogP contribution in [0, 0.1) is 0 Å². The Morgan fingerprint density at radius 1 is 1.47 bits per heavy atom. The molecule has 1 atom stereocenters. The fourth-order valence-electron chi connectivity index (χ4n) is 2.07. The number of fused-ring (bicyclic) bond motifs is 1. The molecule has 1 saturated heterocycles. The Morgan fingerprint density at radius 2 is 2.26 bits per heavy atom. The minimum Gasteiger partial charge on any atom is -0.360 e. The van der Waals surface area contributed by atoms with Gasteiger partial charge in [0.05, 0.1) is 11.1 Å². The fourth-order valence-corrected chi connectivity index (χ4v) is 2.28. The standard InChI is InChI=1S/C13H14ClN3O.ClH/c14-10-7-16-11-2-1-8(5-9(10)11)6-17-13(18)12-3-4-15-12;/h1-2,5,7,12,15-16H,3-4,6H2,(H,17,18);1H. The number of hydrogen-bond donors (Lipinski definition) is 3. The van der Waals surface area contributed by atoms with Crippen molar-refractivity contribution in [2.24, 2.45) is 0 Å². The highest BCUT2D eigenvalue weighted by atomic mass is 35.5. The van der Waals surface area contributed by atoms with Crippen molar-refractivity contribution in [2.45, 2.75) is 19.0 Å². The average molecular weight is 300 g/mol. The summed E-state index contributed by atoms with van der Waals surface area (Å²) in [6, 6.07) is 5.96. The zero-order chi connectivity index (χ0) is 12.5. The molecule has 19 heavy (non-hydrogen) atoms. The smallest absolute Gasteiger partial charge is 0.237 e. The van der Waals surface area contributed by atoms with Gasteiger partial charge in [-0.05, 0) is 30.7 Å². The predicted molar refractivity (Wildman–Crippen MR) is 78.8 cm³/mol. The van der Waals surface area contributed by atoms with E-state index in [4.69, 9.17) is 11.6 Å². The molecule has 1 unspecified atom stereocenters. The molecule has 1 amide bonds. The molecule has 0 aliphatic carbocycles. The number of halogens is 2. The first-order valence-corrected chi connectivity index (χ1v) is 6.38. The van der Waals surface area contributed by atoms with Crippen LogP contribution in [0.25, 0.3) is 10.9 Å². The first-order valence-electron chi connectivity index (χ1n) is 6.00. The quantitative estimate of drug-likeness (QED) is 0.814. The molecular formula is C13H15Cl2N3O. The number of carbonyl (C=O) groups is 1. The van der Waals surface area contributed by atoms with Crippen LogP contribution in [-0.2, 0) is 11.3 Å². The van der Waals surface area contributed by atoms with E-state index in [9.17, 15) is 4.79 Å². The summed E-state index contributed by atoms with van der Waals surface area (Å²) in [5.41, 5.74) is 2.06. The van der Waals surface area contributed by atoms with Crippen molar-refractivity contribution in [3.05, 3.63) is 35.0 Å². The summed E-state index contributed by atoms with van der Waals surface area (Å²) in [6.45, 7) is 1.47. The summed E-state index contributed by atoms with van der Waals surface area (Å²) in [5, 5.41) is 7.70. The molecule has 1 aliphatic rings. The number of aromatic nitrogens is 1. The minimum atomic E-state index is -0.00965. The maximum atomic E-state index is 11.7. The van der Waals surface area contributed by atoms with Crippen molar-refractivity contribution in [2.75, 3.05) is 6.54 Å². The number of benzene rings is 1. The molecule has 4 nitrogen and oxygen atoms in total. The molecule has 2 heterocycles. The molecular weight excluding hydrogens is 285 g/mol. The molecule has 0 radical (unpaired) electrons. The van der Waals surface area contributed by atoms with E-state index in [-0.39, 0.29) is 24.4 Å². The van der Waals surface area contributed by atoms with E-state index in [1.165, 1.54) is 0 Å². The van der Waals surface area contributed by atoms with Crippen LogP contribution in [-0.4, -0.2) is 23.5 Å². The summed E-state index contributed by atoms with van der Waals surface area (Å²) < 4.78 is 0. The lowest BCUT2D eigenvalue weighted by atomic mass is 10.1. The molecule has 1 fully saturated rings. The van der Waals surface area contributed by atoms with Crippen LogP contribution in [0.2, 0.25) is 5.02 Å². The van der Waals surface area contributed by atoms with Gasteiger partial charge in [0.2, 0.25) is 5.91 Å². The van der Waals surface area contributed by atoms with Gasteiger partial charge >= 0.3 is 0 Å². The van der Waals surface area contributed by atoms with Gasteiger partial charge in [0.1, 0.15) is 0 Å². The lowest BCUT2D eigenvalue weighted by molar-refractivity contribution is -0.124. The molecule has 0 spiro atoms. The van der Waals surface area contributed by atoms with Crippen LogP contribution in [0.5, 0.6) is 0 Å². The second-order valence-corrected chi connectivity index (χ2v) is 4.94. The number of H-pyrrole nitrogens is 1. The monoisotopic (exact) mass is 299 g/mol. The Bertz CT molecular complexity index is 593. The van der Waals surface area contributed by atoms with Gasteiger partial charge in [-0.2, -0.15) is 0 Å². The largest absolute Gasteiger partial charge is 0.360 e. The number of hydrogen-bond acceptors (Lipinski definition) is 2. The van der Waals surface area contributed by atoms with Gasteiger partial charge in [-0.3, -0.25) is 4.79 Å². The highest BCUT2D eigenvalue weighted by molar-refractivity contribution is 6.35. The molecule has 2 aromatic rings. The highest BCUT2D eigenvalue weighted by Gasteiger charge is 2.23. The van der Waals surface area contributed by atoms with E-state index in [1.807, 2.05) is 18.2 Å². The summed E-state index contributed by atoms with van der Waals surface area (Å²) in [6.07, 6.45) is 2.70. The van der Waals surface area contributed by atoms with Gasteiger partial charge in [-0.1, -0.05) is 17.7 Å². The van der Waals surface area contributed by atoms with E-state index < -0.39 is 0 Å². The molecule has 0 bridgehead atoms. The third kappa shape index (κ3) is 2.86. The normalized spacial score (nSPS) is 17.6. The number of carbonyl (C=O) groups excluding carboxylic acids is 1. The lowest BCUT2D eigenvalue weighted by Gasteiger charge is -2.26. The van der Waals surface area contributed by atoms with E-state index >= 15 is 0 Å². The second-order valence-electron chi connectivity index (χ2n) is 4.53. The van der Waals surface area contributed by atoms with Crippen molar-refractivity contribution in [3.8, 4) is 0 Å². The third-order valence-electron chi connectivity index (χ3n) is 3.30. The Morgan fingerprint density at radius 3 is 2.95 bits per heavy atom. The van der Waals surface area contributed by atoms with Crippen molar-refractivity contribution < 1.29 is 4.79 Å². The maximum absolute atomic E-state index is 11.7. The van der Waals surface area contributed by atoms with E-state index in [2.05, 4.69) is 15.6 Å². The molecule has 1 aromatic carbocycles. The SMILES string of the molecule is Cl.O=C(NCc1ccc2[nH]cc(Cl)c2c1)C1CCN1. The number of nitrogens with one attached hydrogen (secondary N) is 3. The van der Waals surface area contributed by atoms with Crippen LogP contribution in [0.3, 0.4) is 0 Å². The summed E-state index contributed by atoms with van der Waals surface area (Å²) in [4.78, 5) is 14.8. The molecule has 1 aromatic heterocycles. The van der Waals surface area contributed by atoms with Crippen LogP contribution in [0.1, 0.15) is 12.0 Å². The Labute approximate surface area is 122 Å². The molecule has 1 aliphatic heterocycles. The summed E-state index contributed by atoms with van der Waals surface area (Å²) in [5.74, 6) is 0.0708. The summed E-state index contributed by atoms with van der Waals surface area (Å²) in [7, 11) is 0. The van der Waals surface area contributed by atoms with E-state index in [0.717, 1.165) is 29.4 Å². The van der Waals surface area contributed by atoms with Gasteiger partial charge in [0.15, 0.2) is 0 Å². The maximum Gasteiger partial charge on any atom is 0.237 e. The van der Waals surface area contributed by atoms with Crippen LogP contribution >= 0.6 is 24.0 Å². The van der Waals surface area contributed by atoms with Gasteiger partial charge in [-0.15, -0.1) is 12.4 Å². The third-order valence-corrected chi connectivity index (χ3v) is 3.62. The topological polar surface area (TPSA) is 56.9 Å². The first-order chi connectivity index (χ1) is 8.74. The van der Waals surface area contributed by atoms with Crippen molar-refractivity contribution >= 4 is 40.8 Å². The zero-order valence-electron chi connectivity index (χ0n) is 10.2. The molecule has 6 heteroatoms. The molecule has 3 rings (SSSR count). The fraction of sp³-hybridized carbons (Fsp3) is 0.308. The van der Waals surface area contributed by atoms with Crippen molar-refractivity contribution in [1.82, 2.24) is 15.6 Å². The van der Waals surface area contributed by atoms with Gasteiger partial charge in [-0.25, -0.2) is 0 Å². The van der Waals surface area contributed by atoms with Gasteiger partial charge in [0, 0.05) is 23.6 Å². The van der Waals surface area contributed by atoms with Crippen LogP contribution in [0.15, 0.2) is 24.4 Å². The number of aromatic amines is 1. The van der Waals surface area contributed by atoms with E-state index in [0.29, 0.717) is 11.6 Å². The van der Waals surface area contributed by atoms with Crippen molar-refractivity contribution in [3.63, 3.8) is 0 Å². The minimum absolute atomic E-state index is 0. The zero-order valence-corrected chi connectivity index (χ0v) is 11.8. The molecule has 102 valence electrons. The van der Waals surface area contributed by atoms with Crippen LogP contribution < -0.4 is 10.6 Å². The Balaban J connectivity index is 0.00000133. The molecule has 0 saturated carbocycles. The number of rotatable bonds is 3. The van der Waals surface area contributed by atoms with Gasteiger partial charge < -0.3 is 15.6 Å². The summed E-state index contributed by atoms with van der Waals surface area (Å²) >= 11 is 6.06.